The van der Waals surface area contributed by atoms with E-state index in [1.54, 1.807) is 18.2 Å². The Labute approximate surface area is 91.5 Å². The molecular formula is C10H11ClF3N. The highest BCUT2D eigenvalue weighted by molar-refractivity contribution is 6.30. The van der Waals surface area contributed by atoms with Gasteiger partial charge in [0, 0.05) is 18.1 Å². The first kappa shape index (κ1) is 12.3. The monoisotopic (exact) mass is 237 g/mol. The summed E-state index contributed by atoms with van der Waals surface area (Å²) in [6, 6.07) is 6.44. The van der Waals surface area contributed by atoms with Gasteiger partial charge in [0.15, 0.2) is 0 Å². The molecule has 0 saturated heterocycles. The maximum absolute atomic E-state index is 12.4. The highest BCUT2D eigenvalue weighted by Gasteiger charge is 2.35. The lowest BCUT2D eigenvalue weighted by Gasteiger charge is -2.23. The molecule has 0 fully saturated rings. The molecule has 0 aliphatic carbocycles. The van der Waals surface area contributed by atoms with Gasteiger partial charge in [-0.15, -0.1) is 0 Å². The minimum absolute atomic E-state index is 0.0734. The van der Waals surface area contributed by atoms with Crippen molar-refractivity contribution in [3.05, 3.63) is 34.9 Å². The predicted octanol–water partition coefficient (Wildman–Crippen LogP) is 3.68. The smallest absolute Gasteiger partial charge is 0.210 e. The van der Waals surface area contributed by atoms with Gasteiger partial charge in [-0.05, 0) is 17.7 Å². The summed E-state index contributed by atoms with van der Waals surface area (Å²) in [7, 11) is 0. The Hall–Kier alpha value is -0.740. The summed E-state index contributed by atoms with van der Waals surface area (Å²) in [6.45, 7) is 1.23. The van der Waals surface area contributed by atoms with E-state index in [2.05, 4.69) is 0 Å². The first-order valence-electron chi connectivity index (χ1n) is 4.49. The zero-order valence-corrected chi connectivity index (χ0v) is 8.94. The van der Waals surface area contributed by atoms with Crippen molar-refractivity contribution in [2.45, 2.75) is 19.8 Å². The van der Waals surface area contributed by atoms with E-state index in [9.17, 15) is 13.2 Å². The van der Waals surface area contributed by atoms with Crippen molar-refractivity contribution in [1.29, 1.82) is 0 Å². The van der Waals surface area contributed by atoms with Crippen LogP contribution in [0.4, 0.5) is 13.2 Å². The number of hydrogen-bond donors (Lipinski definition) is 0. The second-order valence-corrected chi connectivity index (χ2v) is 3.55. The summed E-state index contributed by atoms with van der Waals surface area (Å²) in [5.41, 5.74) is 0.557. The lowest BCUT2D eigenvalue weighted by atomic mass is 10.2. The molecule has 0 heterocycles. The van der Waals surface area contributed by atoms with Crippen LogP contribution in [0.2, 0.25) is 5.02 Å². The van der Waals surface area contributed by atoms with Gasteiger partial charge in [-0.2, -0.15) is 13.2 Å². The Balaban J connectivity index is 2.76. The van der Waals surface area contributed by atoms with Gasteiger partial charge in [0.25, 0.3) is 0 Å². The third-order valence-corrected chi connectivity index (χ3v) is 2.24. The van der Waals surface area contributed by atoms with Crippen LogP contribution in [0.15, 0.2) is 24.3 Å². The largest absolute Gasteiger partial charge is 0.460 e. The average molecular weight is 238 g/mol. The molecule has 15 heavy (non-hydrogen) atoms. The van der Waals surface area contributed by atoms with E-state index in [4.69, 9.17) is 11.6 Å². The number of rotatable bonds is 3. The molecule has 0 aromatic heterocycles. The molecule has 0 spiro atoms. The number of halogens is 4. The lowest BCUT2D eigenvalue weighted by Crippen LogP contribution is -2.37. The normalized spacial score (nSPS) is 12.1. The second kappa shape index (κ2) is 4.86. The van der Waals surface area contributed by atoms with E-state index < -0.39 is 6.30 Å². The topological polar surface area (TPSA) is 3.24 Å². The first-order chi connectivity index (χ1) is 6.93. The molecule has 0 radical (unpaired) electrons. The molecule has 1 nitrogen and oxygen atoms in total. The number of alkyl halides is 3. The highest BCUT2D eigenvalue weighted by Crippen LogP contribution is 2.23. The fraction of sp³-hybridized carbons (Fsp3) is 0.400. The van der Waals surface area contributed by atoms with Crippen LogP contribution in [0, 0.1) is 0 Å². The number of hydrogen-bond acceptors (Lipinski definition) is 1. The van der Waals surface area contributed by atoms with Crippen LogP contribution < -0.4 is 0 Å². The van der Waals surface area contributed by atoms with Gasteiger partial charge >= 0.3 is 6.30 Å². The molecule has 84 valence electrons. The van der Waals surface area contributed by atoms with Gasteiger partial charge in [-0.1, -0.05) is 30.7 Å². The summed E-state index contributed by atoms with van der Waals surface area (Å²) in [6.07, 6.45) is -4.29. The van der Waals surface area contributed by atoms with E-state index in [1.807, 2.05) is 0 Å². The van der Waals surface area contributed by atoms with Gasteiger partial charge in [-0.25, -0.2) is 4.90 Å². The van der Waals surface area contributed by atoms with Crippen molar-refractivity contribution in [3.63, 3.8) is 0 Å². The maximum Gasteiger partial charge on any atom is 0.460 e. The van der Waals surface area contributed by atoms with Crippen LogP contribution in [0.3, 0.4) is 0 Å². The third-order valence-electron chi connectivity index (χ3n) is 2.00. The first-order valence-corrected chi connectivity index (χ1v) is 4.87. The summed E-state index contributed by atoms with van der Waals surface area (Å²) in [4.78, 5) is 0.429. The maximum atomic E-state index is 12.4. The van der Waals surface area contributed by atoms with Gasteiger partial charge in [-0.3, -0.25) is 0 Å². The standard InChI is InChI=1S/C10H11ClF3N/c1-2-15(10(12,13)14)7-8-4-3-5-9(11)6-8/h3-6H,2,7H2,1H3. The zero-order chi connectivity index (χ0) is 11.5. The molecule has 0 N–H and O–H groups in total. The van der Waals surface area contributed by atoms with Crippen molar-refractivity contribution in [2.24, 2.45) is 0 Å². The molecule has 1 aromatic rings. The molecule has 0 aliphatic heterocycles. The third kappa shape index (κ3) is 3.72. The minimum atomic E-state index is -4.29. The van der Waals surface area contributed by atoms with E-state index >= 15 is 0 Å². The van der Waals surface area contributed by atoms with Crippen molar-refractivity contribution in [2.75, 3.05) is 6.54 Å². The van der Waals surface area contributed by atoms with E-state index in [1.165, 1.54) is 13.0 Å². The molecule has 1 aromatic carbocycles. The molecule has 1 rings (SSSR count). The summed E-state index contributed by atoms with van der Waals surface area (Å²) in [5, 5.41) is 0.450. The Morgan fingerprint density at radius 2 is 2.00 bits per heavy atom. The Bertz CT molecular complexity index is 325. The quantitative estimate of drug-likeness (QED) is 0.725. The van der Waals surface area contributed by atoms with Gasteiger partial charge in [0.1, 0.15) is 0 Å². The van der Waals surface area contributed by atoms with E-state index in [0.29, 0.717) is 15.5 Å². The lowest BCUT2D eigenvalue weighted by molar-refractivity contribution is -0.247. The van der Waals surface area contributed by atoms with Crippen molar-refractivity contribution < 1.29 is 13.2 Å². The fourth-order valence-corrected chi connectivity index (χ4v) is 1.45. The van der Waals surface area contributed by atoms with Crippen LogP contribution in [0.25, 0.3) is 0 Å². The van der Waals surface area contributed by atoms with Gasteiger partial charge in [0.05, 0.1) is 0 Å². The number of benzene rings is 1. The molecule has 0 aliphatic rings. The number of nitrogens with zero attached hydrogens (tertiary/aromatic N) is 1. The molecule has 0 bridgehead atoms. The second-order valence-electron chi connectivity index (χ2n) is 3.11. The van der Waals surface area contributed by atoms with Crippen LogP contribution in [-0.2, 0) is 6.54 Å². The minimum Gasteiger partial charge on any atom is -0.210 e. The Kier molecular flexibility index (Phi) is 3.99. The van der Waals surface area contributed by atoms with E-state index in [-0.39, 0.29) is 13.1 Å². The summed E-state index contributed by atoms with van der Waals surface area (Å²) in [5.74, 6) is 0. The fourth-order valence-electron chi connectivity index (χ4n) is 1.24. The summed E-state index contributed by atoms with van der Waals surface area (Å²) >= 11 is 5.69. The van der Waals surface area contributed by atoms with Crippen molar-refractivity contribution in [3.8, 4) is 0 Å². The van der Waals surface area contributed by atoms with Crippen molar-refractivity contribution >= 4 is 11.6 Å². The van der Waals surface area contributed by atoms with E-state index in [0.717, 1.165) is 0 Å². The van der Waals surface area contributed by atoms with Crippen LogP contribution in [0.5, 0.6) is 0 Å². The Morgan fingerprint density at radius 1 is 1.33 bits per heavy atom. The van der Waals surface area contributed by atoms with Gasteiger partial charge < -0.3 is 0 Å². The zero-order valence-electron chi connectivity index (χ0n) is 8.18. The molecule has 0 saturated carbocycles. The summed E-state index contributed by atoms with van der Waals surface area (Å²) < 4.78 is 37.2. The molecule has 0 unspecified atom stereocenters. The average Bonchev–Trinajstić information content (AvgIpc) is 2.12. The molecule has 0 amide bonds. The van der Waals surface area contributed by atoms with Gasteiger partial charge in [0.2, 0.25) is 0 Å². The SMILES string of the molecule is CCN(Cc1cccc(Cl)c1)C(F)(F)F. The van der Waals surface area contributed by atoms with Crippen LogP contribution in [-0.4, -0.2) is 17.7 Å². The molecule has 5 heteroatoms. The highest BCUT2D eigenvalue weighted by atomic mass is 35.5. The Morgan fingerprint density at radius 3 is 2.47 bits per heavy atom. The van der Waals surface area contributed by atoms with Crippen LogP contribution in [0.1, 0.15) is 12.5 Å². The molecular weight excluding hydrogens is 227 g/mol. The molecule has 0 atom stereocenters. The predicted molar refractivity (Wildman–Crippen MR) is 53.6 cm³/mol. The van der Waals surface area contributed by atoms with Crippen molar-refractivity contribution in [1.82, 2.24) is 4.90 Å². The van der Waals surface area contributed by atoms with Crippen LogP contribution >= 0.6 is 11.6 Å².